The number of aryl methyl sites for hydroxylation is 1. The van der Waals surface area contributed by atoms with E-state index in [9.17, 15) is 9.18 Å². The third kappa shape index (κ3) is 3.13. The Balaban J connectivity index is 2.03. The zero-order valence-corrected chi connectivity index (χ0v) is 10.5. The molecule has 0 N–H and O–H groups in total. The van der Waals surface area contributed by atoms with Crippen molar-refractivity contribution in [3.63, 3.8) is 0 Å². The smallest absolute Gasteiger partial charge is 0.143 e. The van der Waals surface area contributed by atoms with E-state index < -0.39 is 5.82 Å². The fourth-order valence-corrected chi connectivity index (χ4v) is 1.85. The topological polar surface area (TPSA) is 47.8 Å². The van der Waals surface area contributed by atoms with Crippen molar-refractivity contribution in [2.75, 3.05) is 0 Å². The third-order valence-electron chi connectivity index (χ3n) is 2.43. The van der Waals surface area contributed by atoms with Gasteiger partial charge in [-0.25, -0.2) is 4.39 Å². The van der Waals surface area contributed by atoms with Gasteiger partial charge in [0.05, 0.1) is 12.1 Å². The first-order valence-corrected chi connectivity index (χ1v) is 5.73. The average molecular weight is 268 g/mol. The quantitative estimate of drug-likeness (QED) is 0.851. The largest absolute Gasteiger partial charge is 0.299 e. The Morgan fingerprint density at radius 3 is 2.83 bits per heavy atom. The van der Waals surface area contributed by atoms with E-state index in [-0.39, 0.29) is 23.6 Å². The van der Waals surface area contributed by atoms with Crippen LogP contribution >= 0.6 is 11.6 Å². The predicted octanol–water partition coefficient (Wildman–Crippen LogP) is 1.96. The number of benzene rings is 1. The summed E-state index contributed by atoms with van der Waals surface area (Å²) >= 11 is 5.86. The second-order valence-corrected chi connectivity index (χ2v) is 4.42. The fraction of sp³-hybridized carbons (Fsp3) is 0.250. The molecule has 0 fully saturated rings. The van der Waals surface area contributed by atoms with Crippen LogP contribution in [0.15, 0.2) is 24.4 Å². The van der Waals surface area contributed by atoms with Crippen molar-refractivity contribution in [3.8, 4) is 0 Å². The van der Waals surface area contributed by atoms with Crippen molar-refractivity contribution in [1.29, 1.82) is 0 Å². The van der Waals surface area contributed by atoms with E-state index in [1.807, 2.05) is 0 Å². The van der Waals surface area contributed by atoms with Gasteiger partial charge >= 0.3 is 0 Å². The molecule has 0 amide bonds. The molecule has 0 aliphatic rings. The SMILES string of the molecule is Cn1cc(CC(=O)Cc2ccc(F)cc2Cl)nn1. The molecular weight excluding hydrogens is 257 g/mol. The number of nitrogens with zero attached hydrogens (tertiary/aromatic N) is 3. The highest BCUT2D eigenvalue weighted by molar-refractivity contribution is 6.31. The van der Waals surface area contributed by atoms with Crippen molar-refractivity contribution in [3.05, 3.63) is 46.5 Å². The minimum atomic E-state index is -0.412. The molecule has 1 heterocycles. The Hall–Kier alpha value is -1.75. The van der Waals surface area contributed by atoms with Crippen LogP contribution in [0.5, 0.6) is 0 Å². The summed E-state index contributed by atoms with van der Waals surface area (Å²) < 4.78 is 14.4. The van der Waals surface area contributed by atoms with Gasteiger partial charge in [0.25, 0.3) is 0 Å². The number of halogens is 2. The molecule has 0 spiro atoms. The summed E-state index contributed by atoms with van der Waals surface area (Å²) in [6.45, 7) is 0. The first-order chi connectivity index (χ1) is 8.54. The lowest BCUT2D eigenvalue weighted by Crippen LogP contribution is -2.07. The van der Waals surface area contributed by atoms with Gasteiger partial charge < -0.3 is 0 Å². The van der Waals surface area contributed by atoms with E-state index in [0.717, 1.165) is 0 Å². The van der Waals surface area contributed by atoms with Crippen LogP contribution in [-0.4, -0.2) is 20.8 Å². The average Bonchev–Trinajstić information content (AvgIpc) is 2.68. The highest BCUT2D eigenvalue weighted by atomic mass is 35.5. The van der Waals surface area contributed by atoms with Crippen LogP contribution in [0.25, 0.3) is 0 Å². The van der Waals surface area contributed by atoms with E-state index in [1.54, 1.807) is 13.2 Å². The molecule has 0 aliphatic carbocycles. The summed E-state index contributed by atoms with van der Waals surface area (Å²) in [6.07, 6.45) is 2.04. The van der Waals surface area contributed by atoms with E-state index in [1.165, 1.54) is 22.9 Å². The maximum Gasteiger partial charge on any atom is 0.143 e. The molecule has 4 nitrogen and oxygen atoms in total. The van der Waals surface area contributed by atoms with Gasteiger partial charge in [-0.15, -0.1) is 5.10 Å². The minimum Gasteiger partial charge on any atom is -0.299 e. The Bertz CT molecular complexity index is 582. The van der Waals surface area contributed by atoms with Crippen LogP contribution in [0, 0.1) is 5.82 Å². The van der Waals surface area contributed by atoms with Gasteiger partial charge in [-0.3, -0.25) is 9.48 Å². The highest BCUT2D eigenvalue weighted by Crippen LogP contribution is 2.18. The summed E-state index contributed by atoms with van der Waals surface area (Å²) in [5, 5.41) is 7.84. The molecule has 0 bridgehead atoms. The second-order valence-electron chi connectivity index (χ2n) is 4.01. The lowest BCUT2D eigenvalue weighted by Gasteiger charge is -2.02. The molecular formula is C12H11ClFN3O. The first-order valence-electron chi connectivity index (χ1n) is 5.35. The van der Waals surface area contributed by atoms with Crippen molar-refractivity contribution in [1.82, 2.24) is 15.0 Å². The van der Waals surface area contributed by atoms with Gasteiger partial charge in [-0.05, 0) is 17.7 Å². The highest BCUT2D eigenvalue weighted by Gasteiger charge is 2.10. The Kier molecular flexibility index (Phi) is 3.72. The van der Waals surface area contributed by atoms with Gasteiger partial charge in [0.2, 0.25) is 0 Å². The molecule has 2 rings (SSSR count). The Morgan fingerprint density at radius 2 is 2.22 bits per heavy atom. The zero-order chi connectivity index (χ0) is 13.1. The molecule has 1 aromatic heterocycles. The summed E-state index contributed by atoms with van der Waals surface area (Å²) in [5.74, 6) is -0.450. The number of hydrogen-bond donors (Lipinski definition) is 0. The molecule has 94 valence electrons. The molecule has 0 aliphatic heterocycles. The van der Waals surface area contributed by atoms with Gasteiger partial charge in [0.15, 0.2) is 0 Å². The van der Waals surface area contributed by atoms with Crippen molar-refractivity contribution >= 4 is 17.4 Å². The van der Waals surface area contributed by atoms with Crippen LogP contribution in [-0.2, 0) is 24.7 Å². The third-order valence-corrected chi connectivity index (χ3v) is 2.78. The van der Waals surface area contributed by atoms with E-state index >= 15 is 0 Å². The summed E-state index contributed by atoms with van der Waals surface area (Å²) in [5.41, 5.74) is 1.23. The zero-order valence-electron chi connectivity index (χ0n) is 9.73. The standard InChI is InChI=1S/C12H11ClFN3O/c1-17-7-10(15-16-17)6-11(18)4-8-2-3-9(14)5-12(8)13/h2-3,5,7H,4,6H2,1H3. The fourth-order valence-electron chi connectivity index (χ4n) is 1.62. The van der Waals surface area contributed by atoms with Gasteiger partial charge in [-0.2, -0.15) is 0 Å². The number of Topliss-reactive ketones (excluding diaryl/α,β-unsaturated/α-hetero) is 1. The van der Waals surface area contributed by atoms with Gasteiger partial charge in [0.1, 0.15) is 11.6 Å². The Labute approximate surface area is 108 Å². The molecule has 18 heavy (non-hydrogen) atoms. The maximum absolute atomic E-state index is 12.8. The Morgan fingerprint density at radius 1 is 1.44 bits per heavy atom. The number of carbonyl (C=O) groups is 1. The van der Waals surface area contributed by atoms with E-state index in [0.29, 0.717) is 11.3 Å². The summed E-state index contributed by atoms with van der Waals surface area (Å²) in [7, 11) is 1.73. The van der Waals surface area contributed by atoms with Crippen LogP contribution in [0.4, 0.5) is 4.39 Å². The van der Waals surface area contributed by atoms with E-state index in [4.69, 9.17) is 11.6 Å². The maximum atomic E-state index is 12.8. The summed E-state index contributed by atoms with van der Waals surface area (Å²) in [4.78, 5) is 11.8. The molecule has 0 unspecified atom stereocenters. The van der Waals surface area contributed by atoms with Crippen molar-refractivity contribution in [2.45, 2.75) is 12.8 Å². The van der Waals surface area contributed by atoms with Crippen molar-refractivity contribution < 1.29 is 9.18 Å². The molecule has 0 saturated heterocycles. The number of carbonyl (C=O) groups excluding carboxylic acids is 1. The number of hydrogen-bond acceptors (Lipinski definition) is 3. The number of ketones is 1. The lowest BCUT2D eigenvalue weighted by molar-refractivity contribution is -0.117. The molecule has 0 atom stereocenters. The van der Waals surface area contributed by atoms with E-state index in [2.05, 4.69) is 10.3 Å². The first kappa shape index (κ1) is 12.7. The monoisotopic (exact) mass is 267 g/mol. The van der Waals surface area contributed by atoms with Crippen LogP contribution in [0.3, 0.4) is 0 Å². The number of aromatic nitrogens is 3. The lowest BCUT2D eigenvalue weighted by atomic mass is 10.1. The molecule has 2 aromatic rings. The van der Waals surface area contributed by atoms with Crippen molar-refractivity contribution in [2.24, 2.45) is 7.05 Å². The van der Waals surface area contributed by atoms with Crippen LogP contribution in [0.1, 0.15) is 11.3 Å². The molecule has 0 saturated carbocycles. The second kappa shape index (κ2) is 5.27. The predicted molar refractivity (Wildman–Crippen MR) is 64.8 cm³/mol. The normalized spacial score (nSPS) is 10.6. The molecule has 0 radical (unpaired) electrons. The van der Waals surface area contributed by atoms with Crippen LogP contribution in [0.2, 0.25) is 5.02 Å². The van der Waals surface area contributed by atoms with Crippen LogP contribution < -0.4 is 0 Å². The van der Waals surface area contributed by atoms with Gasteiger partial charge in [0, 0.05) is 24.7 Å². The van der Waals surface area contributed by atoms with Gasteiger partial charge in [-0.1, -0.05) is 22.9 Å². The number of rotatable bonds is 4. The molecule has 1 aromatic carbocycles. The summed E-state index contributed by atoms with van der Waals surface area (Å²) in [6, 6.07) is 4.01. The molecule has 6 heteroatoms. The minimum absolute atomic E-state index is 0.0380.